The van der Waals surface area contributed by atoms with Crippen LogP contribution in [0.3, 0.4) is 0 Å². The molecule has 3 nitrogen and oxygen atoms in total. The maximum Gasteiger partial charge on any atom is 0.326 e. The Morgan fingerprint density at radius 3 is 1.96 bits per heavy atom. The van der Waals surface area contributed by atoms with E-state index in [9.17, 15) is 9.90 Å². The predicted molar refractivity (Wildman–Crippen MR) is 111 cm³/mol. The average Bonchev–Trinajstić information content (AvgIpc) is 2.62. The molecular formula is C22H27NO2S. The minimum atomic E-state index is -0.888. The highest BCUT2D eigenvalue weighted by molar-refractivity contribution is 7.80. The molecule has 0 fully saturated rings. The van der Waals surface area contributed by atoms with Crippen molar-refractivity contribution in [2.45, 2.75) is 53.5 Å². The van der Waals surface area contributed by atoms with E-state index < -0.39 is 12.0 Å². The molecule has 0 aliphatic rings. The van der Waals surface area contributed by atoms with E-state index in [2.05, 4.69) is 39.9 Å². The third-order valence-corrected chi connectivity index (χ3v) is 5.67. The van der Waals surface area contributed by atoms with Gasteiger partial charge in [-0.1, -0.05) is 42.5 Å². The average molecular weight is 370 g/mol. The zero-order valence-electron chi connectivity index (χ0n) is 16.1. The van der Waals surface area contributed by atoms with E-state index in [1.165, 1.54) is 33.4 Å². The zero-order valence-corrected chi connectivity index (χ0v) is 17.0. The lowest BCUT2D eigenvalue weighted by Gasteiger charge is -2.21. The van der Waals surface area contributed by atoms with Crippen LogP contribution in [-0.2, 0) is 17.6 Å². The Morgan fingerprint density at radius 2 is 1.46 bits per heavy atom. The van der Waals surface area contributed by atoms with Crippen LogP contribution in [0, 0.1) is 34.6 Å². The molecule has 0 saturated carbocycles. The van der Waals surface area contributed by atoms with Crippen molar-refractivity contribution in [3.63, 3.8) is 0 Å². The Hall–Kier alpha value is -2.20. The first-order chi connectivity index (χ1) is 12.2. The number of benzene rings is 2. The van der Waals surface area contributed by atoms with Crippen molar-refractivity contribution < 1.29 is 9.90 Å². The Balaban J connectivity index is 2.18. The predicted octanol–water partition coefficient (Wildman–Crippen LogP) is 4.38. The molecule has 0 aromatic heterocycles. The molecule has 0 spiro atoms. The van der Waals surface area contributed by atoms with Crippen LogP contribution >= 0.6 is 12.2 Å². The molecule has 2 aromatic rings. The highest BCUT2D eigenvalue weighted by atomic mass is 32.1. The van der Waals surface area contributed by atoms with Crippen LogP contribution in [0.25, 0.3) is 0 Å². The van der Waals surface area contributed by atoms with E-state index in [4.69, 9.17) is 12.2 Å². The van der Waals surface area contributed by atoms with Crippen LogP contribution in [0.5, 0.6) is 0 Å². The summed E-state index contributed by atoms with van der Waals surface area (Å²) in [6, 6.07) is 8.89. The van der Waals surface area contributed by atoms with Gasteiger partial charge < -0.3 is 10.4 Å². The van der Waals surface area contributed by atoms with Crippen LogP contribution in [0.2, 0.25) is 0 Å². The van der Waals surface area contributed by atoms with E-state index >= 15 is 0 Å². The molecular weight excluding hydrogens is 342 g/mol. The van der Waals surface area contributed by atoms with Crippen LogP contribution in [-0.4, -0.2) is 22.1 Å². The Bertz CT molecular complexity index is 799. The Morgan fingerprint density at radius 1 is 0.962 bits per heavy atom. The molecule has 0 heterocycles. The van der Waals surface area contributed by atoms with Gasteiger partial charge in [-0.25, -0.2) is 4.79 Å². The molecule has 2 rings (SSSR count). The SMILES string of the molecule is Cc1c(C)c(C)c(CC(=S)N[C@@H](Cc2ccccc2)C(=O)O)c(C)c1C. The molecule has 2 aromatic carbocycles. The van der Waals surface area contributed by atoms with Crippen molar-refractivity contribution in [1.29, 1.82) is 0 Å². The Labute approximate surface area is 161 Å². The maximum absolute atomic E-state index is 11.7. The van der Waals surface area contributed by atoms with E-state index in [0.717, 1.165) is 5.56 Å². The summed E-state index contributed by atoms with van der Waals surface area (Å²) >= 11 is 5.51. The molecule has 0 radical (unpaired) electrons. The molecule has 0 amide bonds. The first-order valence-electron chi connectivity index (χ1n) is 8.84. The van der Waals surface area contributed by atoms with E-state index in [0.29, 0.717) is 17.8 Å². The van der Waals surface area contributed by atoms with Crippen molar-refractivity contribution in [2.75, 3.05) is 0 Å². The number of rotatable bonds is 6. The normalized spacial score (nSPS) is 11.9. The molecule has 2 N–H and O–H groups in total. The first-order valence-corrected chi connectivity index (χ1v) is 9.25. The van der Waals surface area contributed by atoms with E-state index in [1.54, 1.807) is 0 Å². The van der Waals surface area contributed by atoms with Gasteiger partial charge in [0, 0.05) is 12.8 Å². The molecule has 0 bridgehead atoms. The van der Waals surface area contributed by atoms with Gasteiger partial charge in [-0.3, -0.25) is 0 Å². The molecule has 4 heteroatoms. The van der Waals surface area contributed by atoms with E-state index in [-0.39, 0.29) is 0 Å². The minimum Gasteiger partial charge on any atom is -0.480 e. The summed E-state index contributed by atoms with van der Waals surface area (Å²) in [5, 5.41) is 12.6. The van der Waals surface area contributed by atoms with Crippen molar-refractivity contribution in [3.05, 3.63) is 69.3 Å². The van der Waals surface area contributed by atoms with Crippen molar-refractivity contribution in [1.82, 2.24) is 5.32 Å². The fourth-order valence-corrected chi connectivity index (χ4v) is 3.59. The van der Waals surface area contributed by atoms with Gasteiger partial charge in [-0.2, -0.15) is 0 Å². The number of hydrogen-bond donors (Lipinski definition) is 2. The van der Waals surface area contributed by atoms with Gasteiger partial charge in [0.2, 0.25) is 0 Å². The summed E-state index contributed by atoms with van der Waals surface area (Å²) < 4.78 is 0. The lowest BCUT2D eigenvalue weighted by molar-refractivity contribution is -0.139. The molecule has 138 valence electrons. The van der Waals surface area contributed by atoms with Crippen LogP contribution in [0.1, 0.15) is 38.9 Å². The number of nitrogens with one attached hydrogen (secondary N) is 1. The molecule has 1 atom stereocenters. The first kappa shape index (κ1) is 20.1. The summed E-state index contributed by atoms with van der Waals surface area (Å²) in [6.07, 6.45) is 0.966. The number of carboxylic acid groups (broad SMARTS) is 1. The molecule has 0 aliphatic heterocycles. The Kier molecular flexibility index (Phi) is 6.54. The van der Waals surface area contributed by atoms with Gasteiger partial charge in [0.1, 0.15) is 6.04 Å². The lowest BCUT2D eigenvalue weighted by atomic mass is 9.88. The van der Waals surface area contributed by atoms with Crippen LogP contribution in [0.15, 0.2) is 30.3 Å². The smallest absolute Gasteiger partial charge is 0.326 e. The van der Waals surface area contributed by atoms with Crippen LogP contribution < -0.4 is 5.32 Å². The second kappa shape index (κ2) is 8.45. The number of thiocarbonyl (C=S) groups is 1. The molecule has 26 heavy (non-hydrogen) atoms. The highest BCUT2D eigenvalue weighted by Gasteiger charge is 2.20. The molecule has 0 unspecified atom stereocenters. The number of aliphatic carboxylic acids is 1. The van der Waals surface area contributed by atoms with Crippen molar-refractivity contribution in [3.8, 4) is 0 Å². The summed E-state index contributed by atoms with van der Waals surface area (Å²) in [5.74, 6) is -0.888. The summed E-state index contributed by atoms with van der Waals surface area (Å²) in [6.45, 7) is 10.6. The second-order valence-corrected chi connectivity index (χ2v) is 7.42. The summed E-state index contributed by atoms with van der Waals surface area (Å²) in [7, 11) is 0. The number of carboxylic acids is 1. The fraction of sp³-hybridized carbons (Fsp3) is 0.364. The highest BCUT2D eigenvalue weighted by Crippen LogP contribution is 2.26. The largest absolute Gasteiger partial charge is 0.480 e. The second-order valence-electron chi connectivity index (χ2n) is 6.93. The van der Waals surface area contributed by atoms with Gasteiger partial charge in [0.25, 0.3) is 0 Å². The van der Waals surface area contributed by atoms with Crippen molar-refractivity contribution >= 4 is 23.2 Å². The van der Waals surface area contributed by atoms with Gasteiger partial charge in [0.05, 0.1) is 4.99 Å². The molecule has 0 aliphatic carbocycles. The lowest BCUT2D eigenvalue weighted by Crippen LogP contribution is -2.42. The van der Waals surface area contributed by atoms with E-state index in [1.807, 2.05) is 30.3 Å². The summed E-state index contributed by atoms with van der Waals surface area (Å²) in [5.41, 5.74) is 8.54. The number of hydrogen-bond acceptors (Lipinski definition) is 2. The van der Waals surface area contributed by atoms with Gasteiger partial charge in [-0.15, -0.1) is 0 Å². The summed E-state index contributed by atoms with van der Waals surface area (Å²) in [4.78, 5) is 12.2. The van der Waals surface area contributed by atoms with Gasteiger partial charge >= 0.3 is 5.97 Å². The standard InChI is InChI=1S/C22H27NO2S/c1-13-14(2)16(4)19(17(5)15(13)3)12-21(26)23-20(22(24)25)11-18-9-7-6-8-10-18/h6-10,20H,11-12H2,1-5H3,(H,23,26)(H,24,25)/t20-/m0/s1. The van der Waals surface area contributed by atoms with Gasteiger partial charge in [0.15, 0.2) is 0 Å². The van der Waals surface area contributed by atoms with Crippen molar-refractivity contribution in [2.24, 2.45) is 0 Å². The van der Waals surface area contributed by atoms with Gasteiger partial charge in [-0.05, 0) is 73.6 Å². The maximum atomic E-state index is 11.7. The third kappa shape index (κ3) is 4.50. The fourth-order valence-electron chi connectivity index (χ4n) is 3.30. The van der Waals surface area contributed by atoms with Crippen LogP contribution in [0.4, 0.5) is 0 Å². The monoisotopic (exact) mass is 369 g/mol. The number of carbonyl (C=O) groups is 1. The molecule has 0 saturated heterocycles. The zero-order chi connectivity index (χ0) is 19.4. The topological polar surface area (TPSA) is 49.3 Å². The quantitative estimate of drug-likeness (QED) is 0.742. The minimum absolute atomic E-state index is 0.403. The third-order valence-electron chi connectivity index (χ3n) is 5.41.